The number of fused-ring (bicyclic) bond motifs is 1. The minimum atomic E-state index is 0.0121. The maximum Gasteiger partial charge on any atom is 0.269 e. The zero-order valence-corrected chi connectivity index (χ0v) is 19.6. The standard InChI is InChI=1S/C25H27N3OS2/c1-17(18-11-5-3-6-12-18)26-25-28(19-13-7-4-8-14-19)23(29)22(31-25)24-27(2)20-15-9-10-16-21(20)30-24/h3,5-6,9-12,15-17,19H,4,7-8,13-14H2,1-2H3. The van der Waals surface area contributed by atoms with Gasteiger partial charge in [0.1, 0.15) is 4.91 Å². The number of amidine groups is 1. The number of aliphatic imine (C=N–C) groups is 1. The van der Waals surface area contributed by atoms with E-state index in [1.165, 1.54) is 29.7 Å². The Kier molecular flexibility index (Phi) is 5.85. The van der Waals surface area contributed by atoms with Crippen LogP contribution in [-0.4, -0.2) is 29.1 Å². The highest BCUT2D eigenvalue weighted by atomic mass is 32.2. The molecule has 1 aliphatic carbocycles. The van der Waals surface area contributed by atoms with E-state index in [9.17, 15) is 4.79 Å². The van der Waals surface area contributed by atoms with E-state index < -0.39 is 0 Å². The number of thioether (sulfide) groups is 2. The number of carbonyl (C=O) groups is 1. The normalized spacial score (nSPS) is 24.2. The van der Waals surface area contributed by atoms with E-state index in [2.05, 4.69) is 55.3 Å². The highest BCUT2D eigenvalue weighted by Crippen LogP contribution is 2.50. The van der Waals surface area contributed by atoms with Crippen LogP contribution in [0.5, 0.6) is 0 Å². The van der Waals surface area contributed by atoms with Crippen molar-refractivity contribution in [3.63, 3.8) is 0 Å². The molecule has 4 nitrogen and oxygen atoms in total. The van der Waals surface area contributed by atoms with E-state index in [-0.39, 0.29) is 18.0 Å². The van der Waals surface area contributed by atoms with Crippen molar-refractivity contribution in [1.29, 1.82) is 0 Å². The van der Waals surface area contributed by atoms with E-state index in [4.69, 9.17) is 4.99 Å². The summed E-state index contributed by atoms with van der Waals surface area (Å²) in [6, 6.07) is 19.0. The molecule has 160 valence electrons. The van der Waals surface area contributed by atoms with Gasteiger partial charge in [-0.3, -0.25) is 14.7 Å². The number of amides is 1. The van der Waals surface area contributed by atoms with Gasteiger partial charge in [0.2, 0.25) is 0 Å². The lowest BCUT2D eigenvalue weighted by molar-refractivity contribution is -0.124. The SMILES string of the molecule is CC(N=C1SC(=C2Sc3ccccc3N2C)C(=O)N1C1CCCCC1)c1ccccc1. The first kappa shape index (κ1) is 20.7. The number of benzene rings is 2. The Labute approximate surface area is 192 Å². The molecule has 1 saturated carbocycles. The summed E-state index contributed by atoms with van der Waals surface area (Å²) in [5.74, 6) is 0.123. The van der Waals surface area contributed by atoms with E-state index in [1.54, 1.807) is 23.5 Å². The molecule has 5 rings (SSSR count). The number of rotatable bonds is 3. The van der Waals surface area contributed by atoms with Crippen molar-refractivity contribution in [2.75, 3.05) is 11.9 Å². The van der Waals surface area contributed by atoms with Crippen molar-refractivity contribution in [1.82, 2.24) is 4.90 Å². The average Bonchev–Trinajstić information content (AvgIpc) is 3.31. The lowest BCUT2D eigenvalue weighted by atomic mass is 9.94. The second-order valence-corrected chi connectivity index (χ2v) is 10.3. The smallest absolute Gasteiger partial charge is 0.269 e. The lowest BCUT2D eigenvalue weighted by Gasteiger charge is -2.30. The van der Waals surface area contributed by atoms with E-state index in [0.29, 0.717) is 0 Å². The van der Waals surface area contributed by atoms with Crippen LogP contribution in [-0.2, 0) is 4.79 Å². The van der Waals surface area contributed by atoms with Crippen LogP contribution in [0.2, 0.25) is 0 Å². The first-order valence-electron chi connectivity index (χ1n) is 11.0. The molecule has 0 radical (unpaired) electrons. The summed E-state index contributed by atoms with van der Waals surface area (Å²) in [5.41, 5.74) is 2.34. The van der Waals surface area contributed by atoms with Crippen molar-refractivity contribution >= 4 is 40.3 Å². The van der Waals surface area contributed by atoms with Crippen LogP contribution in [0.25, 0.3) is 0 Å². The molecule has 0 bridgehead atoms. The maximum absolute atomic E-state index is 13.7. The highest BCUT2D eigenvalue weighted by Gasteiger charge is 2.42. The van der Waals surface area contributed by atoms with Crippen LogP contribution in [0.1, 0.15) is 50.6 Å². The molecule has 0 aromatic heterocycles. The number of anilines is 1. The van der Waals surface area contributed by atoms with Crippen molar-refractivity contribution in [2.24, 2.45) is 4.99 Å². The molecule has 31 heavy (non-hydrogen) atoms. The summed E-state index contributed by atoms with van der Waals surface area (Å²) in [4.78, 5) is 25.0. The fourth-order valence-corrected chi connectivity index (χ4v) is 7.00. The predicted molar refractivity (Wildman–Crippen MR) is 131 cm³/mol. The number of hydrogen-bond acceptors (Lipinski definition) is 5. The Hall–Kier alpha value is -2.18. The fraction of sp³-hybridized carbons (Fsp3) is 0.360. The summed E-state index contributed by atoms with van der Waals surface area (Å²) in [7, 11) is 2.06. The summed E-state index contributed by atoms with van der Waals surface area (Å²) in [5, 5.41) is 1.88. The molecule has 2 aromatic rings. The zero-order valence-electron chi connectivity index (χ0n) is 18.0. The third-order valence-electron chi connectivity index (χ3n) is 6.27. The summed E-state index contributed by atoms with van der Waals surface area (Å²) in [6.45, 7) is 2.11. The Morgan fingerprint density at radius 2 is 1.68 bits per heavy atom. The topological polar surface area (TPSA) is 35.9 Å². The van der Waals surface area contributed by atoms with E-state index in [0.717, 1.165) is 33.6 Å². The third-order valence-corrected chi connectivity index (χ3v) is 8.69. The number of hydrogen-bond donors (Lipinski definition) is 0. The molecule has 2 aliphatic heterocycles. The van der Waals surface area contributed by atoms with Gasteiger partial charge in [-0.1, -0.05) is 73.5 Å². The molecule has 3 aliphatic rings. The zero-order chi connectivity index (χ0) is 21.4. The van der Waals surface area contributed by atoms with Gasteiger partial charge in [0, 0.05) is 18.0 Å². The Bertz CT molecular complexity index is 1040. The van der Waals surface area contributed by atoms with Gasteiger partial charge >= 0.3 is 0 Å². The maximum atomic E-state index is 13.7. The Morgan fingerprint density at radius 3 is 2.42 bits per heavy atom. The minimum absolute atomic E-state index is 0.0121. The van der Waals surface area contributed by atoms with Crippen molar-refractivity contribution in [3.05, 3.63) is 70.1 Å². The van der Waals surface area contributed by atoms with Crippen LogP contribution in [0.3, 0.4) is 0 Å². The summed E-state index contributed by atoms with van der Waals surface area (Å²) < 4.78 is 0. The number of para-hydroxylation sites is 1. The van der Waals surface area contributed by atoms with Crippen LogP contribution < -0.4 is 4.90 Å². The monoisotopic (exact) mass is 449 g/mol. The molecule has 2 aromatic carbocycles. The fourth-order valence-electron chi connectivity index (χ4n) is 4.54. The van der Waals surface area contributed by atoms with E-state index >= 15 is 0 Å². The van der Waals surface area contributed by atoms with Gasteiger partial charge in [0.05, 0.1) is 16.8 Å². The van der Waals surface area contributed by atoms with Gasteiger partial charge in [-0.05, 0) is 49.2 Å². The minimum Gasteiger partial charge on any atom is -0.337 e. The first-order valence-corrected chi connectivity index (χ1v) is 12.7. The molecule has 0 N–H and O–H groups in total. The van der Waals surface area contributed by atoms with Crippen LogP contribution in [0, 0.1) is 0 Å². The van der Waals surface area contributed by atoms with Gasteiger partial charge < -0.3 is 4.90 Å². The Morgan fingerprint density at radius 1 is 0.968 bits per heavy atom. The second-order valence-electron chi connectivity index (χ2n) is 8.33. The lowest BCUT2D eigenvalue weighted by Crippen LogP contribution is -2.40. The molecule has 1 amide bonds. The molecular weight excluding hydrogens is 422 g/mol. The molecule has 6 heteroatoms. The molecule has 0 spiro atoms. The third kappa shape index (κ3) is 3.92. The molecule has 2 fully saturated rings. The molecule has 1 saturated heterocycles. The summed E-state index contributed by atoms with van der Waals surface area (Å²) in [6.07, 6.45) is 5.77. The van der Waals surface area contributed by atoms with Crippen LogP contribution in [0.4, 0.5) is 5.69 Å². The van der Waals surface area contributed by atoms with Gasteiger partial charge in [0.15, 0.2) is 5.17 Å². The second kappa shape index (κ2) is 8.75. The molecule has 2 heterocycles. The average molecular weight is 450 g/mol. The highest BCUT2D eigenvalue weighted by molar-refractivity contribution is 8.19. The molecule has 1 atom stereocenters. The van der Waals surface area contributed by atoms with Crippen LogP contribution in [0.15, 0.2) is 74.4 Å². The number of nitrogens with zero attached hydrogens (tertiary/aromatic N) is 3. The van der Waals surface area contributed by atoms with Gasteiger partial charge in [-0.15, -0.1) is 0 Å². The molecular formula is C25H27N3OS2. The van der Waals surface area contributed by atoms with Crippen LogP contribution >= 0.6 is 23.5 Å². The molecule has 1 unspecified atom stereocenters. The predicted octanol–water partition coefficient (Wildman–Crippen LogP) is 6.42. The number of carbonyl (C=O) groups excluding carboxylic acids is 1. The van der Waals surface area contributed by atoms with Gasteiger partial charge in [-0.2, -0.15) is 0 Å². The first-order chi connectivity index (χ1) is 15.1. The Balaban J connectivity index is 1.52. The largest absolute Gasteiger partial charge is 0.337 e. The van der Waals surface area contributed by atoms with Crippen molar-refractivity contribution < 1.29 is 4.79 Å². The van der Waals surface area contributed by atoms with Gasteiger partial charge in [-0.25, -0.2) is 0 Å². The summed E-state index contributed by atoms with van der Waals surface area (Å²) >= 11 is 3.25. The van der Waals surface area contributed by atoms with Crippen molar-refractivity contribution in [2.45, 2.75) is 56.0 Å². The quantitative estimate of drug-likeness (QED) is 0.506. The van der Waals surface area contributed by atoms with Gasteiger partial charge in [0.25, 0.3) is 5.91 Å². The van der Waals surface area contributed by atoms with E-state index in [1.807, 2.05) is 23.1 Å². The van der Waals surface area contributed by atoms with Crippen molar-refractivity contribution in [3.8, 4) is 0 Å².